The third-order valence-corrected chi connectivity index (χ3v) is 3.78. The first kappa shape index (κ1) is 20.8. The number of rotatable bonds is 4. The molecule has 0 radical (unpaired) electrons. The number of ether oxygens (including phenoxy) is 2. The molecule has 0 bridgehead atoms. The van der Waals surface area contributed by atoms with Crippen LogP contribution in [0.1, 0.15) is 20.8 Å². The second kappa shape index (κ2) is 8.24. The maximum atomic E-state index is 14.1. The van der Waals surface area contributed by atoms with Gasteiger partial charge >= 0.3 is 6.09 Å². The molecule has 156 valence electrons. The van der Waals surface area contributed by atoms with E-state index < -0.39 is 17.5 Å². The average Bonchev–Trinajstić information content (AvgIpc) is 2.63. The van der Waals surface area contributed by atoms with Crippen LogP contribution >= 0.6 is 0 Å². The zero-order valence-corrected chi connectivity index (χ0v) is 16.8. The summed E-state index contributed by atoms with van der Waals surface area (Å²) in [6.07, 6.45) is 2.29. The lowest BCUT2D eigenvalue weighted by molar-refractivity contribution is 0.0636. The SMILES string of the molecule is CC(C)(C)OC(=O)Nc1ccc(-c2c(Oc3ccc(N)cc3F)ccnc2N)nc1. The molecule has 0 aliphatic carbocycles. The number of pyridine rings is 2. The summed E-state index contributed by atoms with van der Waals surface area (Å²) in [5.41, 5.74) is 12.5. The Morgan fingerprint density at radius 3 is 2.47 bits per heavy atom. The van der Waals surface area contributed by atoms with E-state index >= 15 is 0 Å². The molecule has 0 unspecified atom stereocenters. The van der Waals surface area contributed by atoms with Crippen molar-refractivity contribution >= 4 is 23.3 Å². The maximum Gasteiger partial charge on any atom is 0.412 e. The van der Waals surface area contributed by atoms with E-state index in [0.717, 1.165) is 6.07 Å². The van der Waals surface area contributed by atoms with Crippen LogP contribution in [0.4, 0.5) is 26.4 Å². The Labute approximate surface area is 173 Å². The fourth-order valence-electron chi connectivity index (χ4n) is 2.56. The van der Waals surface area contributed by atoms with Crippen molar-refractivity contribution in [1.29, 1.82) is 0 Å². The number of nitrogens with one attached hydrogen (secondary N) is 1. The van der Waals surface area contributed by atoms with Crippen molar-refractivity contribution in [2.75, 3.05) is 16.8 Å². The first-order chi connectivity index (χ1) is 14.1. The summed E-state index contributed by atoms with van der Waals surface area (Å²) in [6, 6.07) is 8.92. The highest BCUT2D eigenvalue weighted by Gasteiger charge is 2.18. The first-order valence-electron chi connectivity index (χ1n) is 9.06. The molecule has 2 heterocycles. The van der Waals surface area contributed by atoms with Crippen LogP contribution in [0, 0.1) is 5.82 Å². The third-order valence-electron chi connectivity index (χ3n) is 3.78. The molecular weight excluding hydrogens is 389 g/mol. The molecule has 1 aromatic carbocycles. The Bertz CT molecular complexity index is 1070. The van der Waals surface area contributed by atoms with Gasteiger partial charge in [-0.1, -0.05) is 0 Å². The van der Waals surface area contributed by atoms with Crippen molar-refractivity contribution in [3.63, 3.8) is 0 Å². The summed E-state index contributed by atoms with van der Waals surface area (Å²) < 4.78 is 25.1. The fraction of sp³-hybridized carbons (Fsp3) is 0.190. The van der Waals surface area contributed by atoms with Gasteiger partial charge in [0.05, 0.1) is 23.1 Å². The largest absolute Gasteiger partial charge is 0.453 e. The molecule has 2 aromatic heterocycles. The molecule has 9 heteroatoms. The summed E-state index contributed by atoms with van der Waals surface area (Å²) in [4.78, 5) is 20.3. The molecule has 3 rings (SSSR count). The van der Waals surface area contributed by atoms with Crippen molar-refractivity contribution in [2.45, 2.75) is 26.4 Å². The van der Waals surface area contributed by atoms with Crippen molar-refractivity contribution < 1.29 is 18.7 Å². The zero-order chi connectivity index (χ0) is 21.9. The topological polar surface area (TPSA) is 125 Å². The molecular formula is C21H22FN5O3. The lowest BCUT2D eigenvalue weighted by Crippen LogP contribution is -2.27. The number of amides is 1. The fourth-order valence-corrected chi connectivity index (χ4v) is 2.56. The molecule has 0 saturated heterocycles. The van der Waals surface area contributed by atoms with Gasteiger partial charge in [0.1, 0.15) is 17.2 Å². The number of hydrogen-bond acceptors (Lipinski definition) is 7. The number of hydrogen-bond donors (Lipinski definition) is 3. The number of carbonyl (C=O) groups excluding carboxylic acids is 1. The van der Waals surface area contributed by atoms with Crippen molar-refractivity contribution in [3.05, 3.63) is 54.6 Å². The standard InChI is InChI=1S/C21H22FN5O3/c1-21(2,3)30-20(28)27-13-5-6-15(26-11-13)18-17(8-9-25-19(18)24)29-16-7-4-12(23)10-14(16)22/h4-11H,23H2,1-3H3,(H2,24,25)(H,27,28). The first-order valence-corrected chi connectivity index (χ1v) is 9.06. The number of nitrogen functional groups attached to an aromatic ring is 2. The monoisotopic (exact) mass is 411 g/mol. The van der Waals surface area contributed by atoms with E-state index in [4.69, 9.17) is 20.9 Å². The summed E-state index contributed by atoms with van der Waals surface area (Å²) >= 11 is 0. The van der Waals surface area contributed by atoms with Gasteiger partial charge in [-0.2, -0.15) is 0 Å². The smallest absolute Gasteiger partial charge is 0.412 e. The predicted octanol–water partition coefficient (Wildman–Crippen LogP) is 4.59. The predicted molar refractivity (Wildman–Crippen MR) is 113 cm³/mol. The molecule has 30 heavy (non-hydrogen) atoms. The van der Waals surface area contributed by atoms with Gasteiger partial charge in [0.15, 0.2) is 11.6 Å². The van der Waals surface area contributed by atoms with E-state index in [0.29, 0.717) is 16.9 Å². The lowest BCUT2D eigenvalue weighted by atomic mass is 10.1. The Morgan fingerprint density at radius 2 is 1.83 bits per heavy atom. The van der Waals surface area contributed by atoms with Gasteiger partial charge in [0.2, 0.25) is 0 Å². The Hall–Kier alpha value is -3.88. The minimum absolute atomic E-state index is 0.0146. The van der Waals surface area contributed by atoms with Crippen LogP contribution in [0.15, 0.2) is 48.8 Å². The normalized spacial score (nSPS) is 11.1. The van der Waals surface area contributed by atoms with E-state index in [2.05, 4.69) is 15.3 Å². The van der Waals surface area contributed by atoms with Crippen LogP contribution in [0.3, 0.4) is 0 Å². The van der Waals surface area contributed by atoms with Crippen LogP contribution in [0.25, 0.3) is 11.3 Å². The highest BCUT2D eigenvalue weighted by Crippen LogP contribution is 2.36. The zero-order valence-electron chi connectivity index (χ0n) is 16.8. The molecule has 5 N–H and O–H groups in total. The van der Waals surface area contributed by atoms with Crippen LogP contribution in [-0.2, 0) is 4.74 Å². The minimum Gasteiger partial charge on any atom is -0.453 e. The highest BCUT2D eigenvalue weighted by molar-refractivity contribution is 5.85. The third kappa shape index (κ3) is 5.13. The van der Waals surface area contributed by atoms with Gasteiger partial charge in [-0.25, -0.2) is 14.2 Å². The van der Waals surface area contributed by atoms with Gasteiger partial charge in [-0.05, 0) is 51.1 Å². The number of aromatic nitrogens is 2. The quantitative estimate of drug-likeness (QED) is 0.536. The van der Waals surface area contributed by atoms with Gasteiger partial charge < -0.3 is 20.9 Å². The van der Waals surface area contributed by atoms with E-state index in [1.807, 2.05) is 0 Å². The van der Waals surface area contributed by atoms with Crippen LogP contribution < -0.4 is 21.5 Å². The number of carbonyl (C=O) groups is 1. The second-order valence-electron chi connectivity index (χ2n) is 7.42. The molecule has 0 atom stereocenters. The lowest BCUT2D eigenvalue weighted by Gasteiger charge is -2.19. The van der Waals surface area contributed by atoms with Crippen LogP contribution in [0.5, 0.6) is 11.5 Å². The molecule has 1 amide bonds. The van der Waals surface area contributed by atoms with Gasteiger partial charge in [-0.15, -0.1) is 0 Å². The number of nitrogens with zero attached hydrogens (tertiary/aromatic N) is 2. The average molecular weight is 411 g/mol. The Balaban J connectivity index is 1.86. The summed E-state index contributed by atoms with van der Waals surface area (Å²) in [7, 11) is 0. The molecule has 8 nitrogen and oxygen atoms in total. The second-order valence-corrected chi connectivity index (χ2v) is 7.42. The molecule has 0 aliphatic rings. The van der Waals surface area contributed by atoms with E-state index in [-0.39, 0.29) is 23.0 Å². The van der Waals surface area contributed by atoms with Crippen molar-refractivity contribution in [3.8, 4) is 22.8 Å². The molecule has 0 aliphatic heterocycles. The van der Waals surface area contributed by atoms with Crippen LogP contribution in [0.2, 0.25) is 0 Å². The Kier molecular flexibility index (Phi) is 5.72. The molecule has 0 fully saturated rings. The van der Waals surface area contributed by atoms with Crippen LogP contribution in [-0.4, -0.2) is 21.7 Å². The minimum atomic E-state index is -0.620. The van der Waals surface area contributed by atoms with Crippen molar-refractivity contribution in [1.82, 2.24) is 9.97 Å². The molecule has 3 aromatic rings. The Morgan fingerprint density at radius 1 is 1.07 bits per heavy atom. The number of benzene rings is 1. The molecule has 0 spiro atoms. The van der Waals surface area contributed by atoms with E-state index in [1.165, 1.54) is 24.5 Å². The van der Waals surface area contributed by atoms with E-state index in [1.54, 1.807) is 39.0 Å². The summed E-state index contributed by atoms with van der Waals surface area (Å²) in [6.45, 7) is 5.31. The van der Waals surface area contributed by atoms with Gasteiger partial charge in [0.25, 0.3) is 0 Å². The molecule has 0 saturated carbocycles. The number of nitrogens with two attached hydrogens (primary N) is 2. The van der Waals surface area contributed by atoms with Crippen molar-refractivity contribution in [2.24, 2.45) is 0 Å². The number of halogens is 1. The highest BCUT2D eigenvalue weighted by atomic mass is 19.1. The maximum absolute atomic E-state index is 14.1. The van der Waals surface area contributed by atoms with Gasteiger partial charge in [-0.3, -0.25) is 10.3 Å². The van der Waals surface area contributed by atoms with Gasteiger partial charge in [0, 0.05) is 18.0 Å². The number of anilines is 3. The summed E-state index contributed by atoms with van der Waals surface area (Å²) in [5.74, 6) is -0.198. The van der Waals surface area contributed by atoms with E-state index in [9.17, 15) is 9.18 Å². The summed E-state index contributed by atoms with van der Waals surface area (Å²) in [5, 5.41) is 2.60.